The van der Waals surface area contributed by atoms with Crippen molar-refractivity contribution in [3.8, 4) is 0 Å². The molecule has 0 aromatic rings. The van der Waals surface area contributed by atoms with Gasteiger partial charge in [0.2, 0.25) is 5.91 Å². The van der Waals surface area contributed by atoms with Gasteiger partial charge in [-0.3, -0.25) is 9.59 Å². The van der Waals surface area contributed by atoms with Gasteiger partial charge in [-0.2, -0.15) is 0 Å². The van der Waals surface area contributed by atoms with Gasteiger partial charge in [0.05, 0.1) is 11.8 Å². The summed E-state index contributed by atoms with van der Waals surface area (Å²) in [5.74, 6) is -2.00. The number of nitrogens with two attached hydrogens (primary N) is 1. The Morgan fingerprint density at radius 2 is 1.83 bits per heavy atom. The molecule has 5 heteroatoms. The van der Waals surface area contributed by atoms with Gasteiger partial charge in [-0.25, -0.2) is 0 Å². The number of hydrogen-bond donors (Lipinski definition) is 3. The highest BCUT2D eigenvalue weighted by molar-refractivity contribution is 5.91. The fourth-order valence-corrected chi connectivity index (χ4v) is 3.20. The van der Waals surface area contributed by atoms with E-state index in [0.717, 1.165) is 25.7 Å². The average Bonchev–Trinajstić information content (AvgIpc) is 2.85. The Bertz CT molecular complexity index is 367. The summed E-state index contributed by atoms with van der Waals surface area (Å²) in [7, 11) is 0. The molecule has 4 N–H and O–H groups in total. The molecule has 2 saturated carbocycles. The summed E-state index contributed by atoms with van der Waals surface area (Å²) in [6, 6.07) is 0.0185. The normalized spacial score (nSPS) is 37.9. The summed E-state index contributed by atoms with van der Waals surface area (Å²) in [5.41, 5.74) is 5.54. The van der Waals surface area contributed by atoms with Crippen LogP contribution in [0, 0.1) is 17.3 Å². The molecule has 0 heterocycles. The maximum atomic E-state index is 12.1. The van der Waals surface area contributed by atoms with Gasteiger partial charge in [-0.1, -0.05) is 26.7 Å². The van der Waals surface area contributed by atoms with E-state index in [1.807, 2.05) is 13.8 Å². The van der Waals surface area contributed by atoms with Gasteiger partial charge in [0.15, 0.2) is 0 Å². The van der Waals surface area contributed by atoms with E-state index >= 15 is 0 Å². The van der Waals surface area contributed by atoms with E-state index in [-0.39, 0.29) is 18.0 Å². The maximum absolute atomic E-state index is 12.1. The molecule has 0 spiro atoms. The SMILES string of the molecule is CC1(C)C(C(=O)O)C1C(=O)NC1CCCCC1N. The standard InChI is InChI=1S/C13H22N2O3/c1-13(2)9(10(13)12(17)18)11(16)15-8-6-4-3-5-7(8)14/h7-10H,3-6,14H2,1-2H3,(H,15,16)(H,17,18). The van der Waals surface area contributed by atoms with Crippen LogP contribution >= 0.6 is 0 Å². The van der Waals surface area contributed by atoms with Crippen molar-refractivity contribution in [2.75, 3.05) is 0 Å². The van der Waals surface area contributed by atoms with Crippen molar-refractivity contribution < 1.29 is 14.7 Å². The molecule has 102 valence electrons. The molecule has 0 aliphatic heterocycles. The quantitative estimate of drug-likeness (QED) is 0.692. The number of carboxylic acid groups (broad SMARTS) is 1. The minimum Gasteiger partial charge on any atom is -0.481 e. The first kappa shape index (κ1) is 13.3. The molecule has 5 nitrogen and oxygen atoms in total. The fourth-order valence-electron chi connectivity index (χ4n) is 3.20. The van der Waals surface area contributed by atoms with Gasteiger partial charge in [-0.15, -0.1) is 0 Å². The highest BCUT2D eigenvalue weighted by atomic mass is 16.4. The number of amides is 1. The number of nitrogens with one attached hydrogen (secondary N) is 1. The zero-order valence-electron chi connectivity index (χ0n) is 11.0. The smallest absolute Gasteiger partial charge is 0.307 e. The third-order valence-corrected chi connectivity index (χ3v) is 4.52. The summed E-state index contributed by atoms with van der Waals surface area (Å²) >= 11 is 0. The predicted molar refractivity (Wildman–Crippen MR) is 66.8 cm³/mol. The van der Waals surface area contributed by atoms with Crippen LogP contribution in [0.5, 0.6) is 0 Å². The Morgan fingerprint density at radius 1 is 1.22 bits per heavy atom. The van der Waals surface area contributed by atoms with E-state index in [1.165, 1.54) is 0 Å². The second-order valence-corrected chi connectivity index (χ2v) is 6.18. The van der Waals surface area contributed by atoms with Gasteiger partial charge in [0.25, 0.3) is 0 Å². The zero-order valence-corrected chi connectivity index (χ0v) is 11.0. The van der Waals surface area contributed by atoms with E-state index in [0.29, 0.717) is 0 Å². The largest absolute Gasteiger partial charge is 0.481 e. The first-order valence-corrected chi connectivity index (χ1v) is 6.64. The van der Waals surface area contributed by atoms with Crippen LogP contribution in [-0.2, 0) is 9.59 Å². The lowest BCUT2D eigenvalue weighted by atomic mass is 9.91. The molecule has 18 heavy (non-hydrogen) atoms. The van der Waals surface area contributed by atoms with Crippen molar-refractivity contribution in [3.63, 3.8) is 0 Å². The van der Waals surface area contributed by atoms with E-state index in [9.17, 15) is 9.59 Å². The number of hydrogen-bond acceptors (Lipinski definition) is 3. The number of carbonyl (C=O) groups excluding carboxylic acids is 1. The Kier molecular flexibility index (Phi) is 3.36. The molecule has 1 amide bonds. The second-order valence-electron chi connectivity index (χ2n) is 6.18. The van der Waals surface area contributed by atoms with Crippen molar-refractivity contribution in [2.24, 2.45) is 23.0 Å². The Morgan fingerprint density at radius 3 is 2.33 bits per heavy atom. The molecule has 0 aromatic carbocycles. The first-order chi connectivity index (χ1) is 8.35. The molecule has 2 aliphatic carbocycles. The average molecular weight is 254 g/mol. The van der Waals surface area contributed by atoms with Crippen molar-refractivity contribution in [3.05, 3.63) is 0 Å². The summed E-state index contributed by atoms with van der Waals surface area (Å²) in [6.45, 7) is 3.66. The third kappa shape index (κ3) is 2.23. The van der Waals surface area contributed by atoms with Gasteiger partial charge in [0, 0.05) is 12.1 Å². The van der Waals surface area contributed by atoms with Crippen molar-refractivity contribution in [1.82, 2.24) is 5.32 Å². The van der Waals surface area contributed by atoms with E-state index in [4.69, 9.17) is 10.8 Å². The lowest BCUT2D eigenvalue weighted by Crippen LogP contribution is -2.50. The van der Waals surface area contributed by atoms with Crippen LogP contribution < -0.4 is 11.1 Å². The number of aliphatic carboxylic acids is 1. The predicted octanol–water partition coefficient (Wildman–Crippen LogP) is 0.729. The van der Waals surface area contributed by atoms with E-state index < -0.39 is 23.2 Å². The molecule has 0 saturated heterocycles. The van der Waals surface area contributed by atoms with Crippen molar-refractivity contribution in [1.29, 1.82) is 0 Å². The summed E-state index contributed by atoms with van der Waals surface area (Å²) in [6.07, 6.45) is 4.02. The molecule has 4 atom stereocenters. The van der Waals surface area contributed by atoms with Gasteiger partial charge < -0.3 is 16.2 Å². The van der Waals surface area contributed by atoms with Crippen LogP contribution in [0.4, 0.5) is 0 Å². The first-order valence-electron chi connectivity index (χ1n) is 6.64. The zero-order chi connectivity index (χ0) is 13.5. The van der Waals surface area contributed by atoms with Crippen molar-refractivity contribution >= 4 is 11.9 Å². The molecule has 0 radical (unpaired) electrons. The van der Waals surface area contributed by atoms with E-state index in [1.54, 1.807) is 0 Å². The van der Waals surface area contributed by atoms with Crippen LogP contribution in [0.15, 0.2) is 0 Å². The molecular formula is C13H22N2O3. The molecule has 2 rings (SSSR count). The van der Waals surface area contributed by atoms with Gasteiger partial charge >= 0.3 is 5.97 Å². The van der Waals surface area contributed by atoms with Crippen molar-refractivity contribution in [2.45, 2.75) is 51.6 Å². The monoisotopic (exact) mass is 254 g/mol. The topological polar surface area (TPSA) is 92.4 Å². The van der Waals surface area contributed by atoms with Gasteiger partial charge in [0.1, 0.15) is 0 Å². The number of rotatable bonds is 3. The van der Waals surface area contributed by atoms with Crippen LogP contribution in [-0.4, -0.2) is 29.1 Å². The summed E-state index contributed by atoms with van der Waals surface area (Å²) in [5, 5.41) is 12.0. The van der Waals surface area contributed by atoms with Gasteiger partial charge in [-0.05, 0) is 18.3 Å². The molecule has 0 bridgehead atoms. The Labute approximate surface area is 107 Å². The lowest BCUT2D eigenvalue weighted by Gasteiger charge is -2.29. The summed E-state index contributed by atoms with van der Waals surface area (Å²) in [4.78, 5) is 23.2. The highest BCUT2D eigenvalue weighted by Gasteiger charge is 2.66. The second kappa shape index (κ2) is 4.53. The molecule has 2 fully saturated rings. The van der Waals surface area contributed by atoms with Crippen LogP contribution in [0.2, 0.25) is 0 Å². The lowest BCUT2D eigenvalue weighted by molar-refractivity contribution is -0.140. The van der Waals surface area contributed by atoms with Crippen LogP contribution in [0.3, 0.4) is 0 Å². The summed E-state index contributed by atoms with van der Waals surface area (Å²) < 4.78 is 0. The Balaban J connectivity index is 1.95. The minimum atomic E-state index is -0.881. The number of carboxylic acids is 1. The molecule has 4 unspecified atom stereocenters. The van der Waals surface area contributed by atoms with Crippen LogP contribution in [0.25, 0.3) is 0 Å². The Hall–Kier alpha value is -1.10. The fraction of sp³-hybridized carbons (Fsp3) is 0.846. The molecule has 0 aromatic heterocycles. The van der Waals surface area contributed by atoms with E-state index in [2.05, 4.69) is 5.32 Å². The highest BCUT2D eigenvalue weighted by Crippen LogP contribution is 2.58. The minimum absolute atomic E-state index is 0.00726. The molecule has 2 aliphatic rings. The molecular weight excluding hydrogens is 232 g/mol. The third-order valence-electron chi connectivity index (χ3n) is 4.52. The maximum Gasteiger partial charge on any atom is 0.307 e. The van der Waals surface area contributed by atoms with Crippen LogP contribution in [0.1, 0.15) is 39.5 Å². The number of carbonyl (C=O) groups is 2.